The van der Waals surface area contributed by atoms with Crippen LogP contribution in [0, 0.1) is 13.8 Å². The summed E-state index contributed by atoms with van der Waals surface area (Å²) in [4.78, 5) is 0. The molecule has 0 spiro atoms. The fourth-order valence-corrected chi connectivity index (χ4v) is 11.8. The van der Waals surface area contributed by atoms with Crippen LogP contribution in [0.4, 0.5) is 0 Å². The molecule has 1 aromatic carbocycles. The van der Waals surface area contributed by atoms with Crippen molar-refractivity contribution in [3.8, 4) is 0 Å². The molecule has 1 unspecified atom stereocenters. The van der Waals surface area contributed by atoms with Crippen LogP contribution in [-0.4, -0.2) is 5.92 Å². The Balaban J connectivity index is 2.41. The Bertz CT molecular complexity index is 407. The molecule has 1 aliphatic carbocycles. The number of aryl methyl sites for hydroxylation is 2. The zero-order chi connectivity index (χ0) is 11.0. The van der Waals surface area contributed by atoms with E-state index >= 15 is 0 Å². The average molecular weight is 294 g/mol. The van der Waals surface area contributed by atoms with E-state index in [0.29, 0.717) is 0 Å². The zero-order valence-electron chi connectivity index (χ0n) is 9.96. The molecule has 1 aliphatic rings. The van der Waals surface area contributed by atoms with Gasteiger partial charge < -0.3 is 0 Å². The first-order valence-electron chi connectivity index (χ1n) is 5.64. The van der Waals surface area contributed by atoms with Gasteiger partial charge in [0.15, 0.2) is 0 Å². The fraction of sp³-hybridized carbons (Fsp3) is 0.385. The Morgan fingerprint density at radius 2 is 1.80 bits per heavy atom. The third-order valence-corrected chi connectivity index (χ3v) is 12.8. The van der Waals surface area contributed by atoms with E-state index in [9.17, 15) is 0 Å². The van der Waals surface area contributed by atoms with Crippen LogP contribution in [-0.2, 0) is 22.4 Å². The first kappa shape index (κ1) is 11.5. The van der Waals surface area contributed by atoms with E-state index in [1.165, 1.54) is 16.7 Å². The number of rotatable bonds is 2. The quantitative estimate of drug-likeness (QED) is 0.733. The molecule has 15 heavy (non-hydrogen) atoms. The molecule has 0 amide bonds. The van der Waals surface area contributed by atoms with E-state index in [2.05, 4.69) is 51.2 Å². The predicted molar refractivity (Wildman–Crippen MR) is 66.6 cm³/mol. The van der Waals surface area contributed by atoms with Gasteiger partial charge in [0.25, 0.3) is 0 Å². The number of benzene rings is 1. The Labute approximate surface area is 105 Å². The molecule has 78 valence electrons. The number of fused-ring (bicyclic) bond motifs is 1. The third kappa shape index (κ3) is 2.26. The summed E-state index contributed by atoms with van der Waals surface area (Å²) >= 11 is -0.159. The molecule has 0 aliphatic heterocycles. The minimum atomic E-state index is -0.300. The summed E-state index contributed by atoms with van der Waals surface area (Å²) < 4.78 is 0.884. The average Bonchev–Trinajstić information content (AvgIpc) is 2.56. The summed E-state index contributed by atoms with van der Waals surface area (Å²) in [5, 5.41) is 0. The minimum absolute atomic E-state index is 0.159. The molecular formula is C13H18SiZr. The van der Waals surface area contributed by atoms with Crippen LogP contribution in [0.15, 0.2) is 18.2 Å². The molecule has 1 aromatic rings. The summed E-state index contributed by atoms with van der Waals surface area (Å²) in [6, 6.07) is 4.56. The first-order chi connectivity index (χ1) is 7.09. The number of hydrogen-bond acceptors (Lipinski definition) is 0. The van der Waals surface area contributed by atoms with Gasteiger partial charge in [-0.1, -0.05) is 0 Å². The van der Waals surface area contributed by atoms with Gasteiger partial charge in [-0.3, -0.25) is 0 Å². The van der Waals surface area contributed by atoms with Crippen LogP contribution >= 0.6 is 0 Å². The molecule has 1 atom stereocenters. The van der Waals surface area contributed by atoms with E-state index in [1.807, 2.05) is 0 Å². The Hall–Kier alpha value is 0.0600. The van der Waals surface area contributed by atoms with Crippen molar-refractivity contribution in [2.24, 2.45) is 0 Å². The van der Waals surface area contributed by atoms with Crippen molar-refractivity contribution < 1.29 is 22.4 Å². The van der Waals surface area contributed by atoms with Crippen LogP contribution in [0.5, 0.6) is 0 Å². The molecule has 0 N–H and O–H groups in total. The topological polar surface area (TPSA) is 0 Å². The van der Waals surface area contributed by atoms with E-state index in [-0.39, 0.29) is 28.3 Å². The van der Waals surface area contributed by atoms with E-state index in [4.69, 9.17) is 0 Å². The van der Waals surface area contributed by atoms with Gasteiger partial charge in [0, 0.05) is 0 Å². The fourth-order valence-electron chi connectivity index (χ4n) is 2.28. The van der Waals surface area contributed by atoms with Crippen molar-refractivity contribution in [2.45, 2.75) is 30.6 Å². The van der Waals surface area contributed by atoms with Gasteiger partial charge in [-0.05, 0) is 0 Å². The standard InChI is InChI=1S/C11H11.C2H7Si.Zr/c1-8-6-7-9(2)11-5-3-4-10(8)11;1-3-2;/h3-7H,1-2H3;3H,1-2H3;. The van der Waals surface area contributed by atoms with Crippen LogP contribution in [0.2, 0.25) is 13.1 Å². The van der Waals surface area contributed by atoms with Crippen molar-refractivity contribution in [1.82, 2.24) is 0 Å². The van der Waals surface area contributed by atoms with E-state index in [1.54, 1.807) is 5.56 Å². The Morgan fingerprint density at radius 3 is 2.47 bits per heavy atom. The van der Waals surface area contributed by atoms with Crippen molar-refractivity contribution >= 4 is 12.0 Å². The summed E-state index contributed by atoms with van der Waals surface area (Å²) in [7, 11) is 0. The van der Waals surface area contributed by atoms with Crippen molar-refractivity contribution in [2.75, 3.05) is 0 Å². The van der Waals surface area contributed by atoms with Gasteiger partial charge in [0.2, 0.25) is 0 Å². The maximum atomic E-state index is 2.52. The molecule has 0 heterocycles. The summed E-state index contributed by atoms with van der Waals surface area (Å²) in [5.41, 5.74) is 6.19. The van der Waals surface area contributed by atoms with Gasteiger partial charge in [0.05, 0.1) is 0 Å². The molecule has 2 rings (SSSR count). The van der Waals surface area contributed by atoms with Gasteiger partial charge in [-0.25, -0.2) is 0 Å². The Kier molecular flexibility index (Phi) is 3.47. The molecule has 0 radical (unpaired) electrons. The monoisotopic (exact) mass is 292 g/mol. The zero-order valence-corrected chi connectivity index (χ0v) is 13.6. The SMILES string of the molecule is Cc1ccc(C)c2c1C=C[CH]2[Zr][SiH](C)C. The van der Waals surface area contributed by atoms with E-state index < -0.39 is 0 Å². The second-order valence-electron chi connectivity index (χ2n) is 4.68. The molecule has 2 heteroatoms. The maximum absolute atomic E-state index is 2.52. The van der Waals surface area contributed by atoms with Gasteiger partial charge in [-0.2, -0.15) is 0 Å². The summed E-state index contributed by atoms with van der Waals surface area (Å²) in [5.74, 6) is -0.300. The normalized spacial score (nSPS) is 18.3. The van der Waals surface area contributed by atoms with Crippen LogP contribution in [0.3, 0.4) is 0 Å². The molecule has 0 aromatic heterocycles. The number of hydrogen-bond donors (Lipinski definition) is 0. The van der Waals surface area contributed by atoms with Crippen molar-refractivity contribution in [1.29, 1.82) is 0 Å². The molecule has 0 saturated carbocycles. The molecule has 0 bridgehead atoms. The predicted octanol–water partition coefficient (Wildman–Crippen LogP) is 3.44. The molecular weight excluding hydrogens is 275 g/mol. The third-order valence-electron chi connectivity index (χ3n) is 3.00. The first-order valence-corrected chi connectivity index (χ1v) is 14.2. The molecule has 0 saturated heterocycles. The molecule has 0 nitrogen and oxygen atoms in total. The van der Waals surface area contributed by atoms with Crippen molar-refractivity contribution in [3.63, 3.8) is 0 Å². The van der Waals surface area contributed by atoms with Crippen LogP contribution < -0.4 is 0 Å². The number of allylic oxidation sites excluding steroid dienone is 1. The second kappa shape index (κ2) is 4.51. The second-order valence-corrected chi connectivity index (χ2v) is 19.8. The van der Waals surface area contributed by atoms with Crippen LogP contribution in [0.1, 0.15) is 25.9 Å². The van der Waals surface area contributed by atoms with Crippen molar-refractivity contribution in [3.05, 3.63) is 40.5 Å². The summed E-state index contributed by atoms with van der Waals surface area (Å²) in [6.07, 6.45) is 4.86. The van der Waals surface area contributed by atoms with Gasteiger partial charge >= 0.3 is 105 Å². The van der Waals surface area contributed by atoms with Gasteiger partial charge in [0.1, 0.15) is 0 Å². The van der Waals surface area contributed by atoms with Gasteiger partial charge in [-0.15, -0.1) is 0 Å². The molecule has 0 fully saturated rings. The van der Waals surface area contributed by atoms with E-state index in [0.717, 1.165) is 3.63 Å². The Morgan fingerprint density at radius 1 is 1.13 bits per heavy atom. The summed E-state index contributed by atoms with van der Waals surface area (Å²) in [6.45, 7) is 9.55. The van der Waals surface area contributed by atoms with Crippen LogP contribution in [0.25, 0.3) is 6.08 Å².